The lowest BCUT2D eigenvalue weighted by Crippen LogP contribution is -2.50. The van der Waals surface area contributed by atoms with Gasteiger partial charge in [-0.25, -0.2) is 0 Å². The van der Waals surface area contributed by atoms with Crippen molar-refractivity contribution in [3.05, 3.63) is 30.1 Å². The number of nitrogens with zero attached hydrogens (tertiary/aromatic N) is 3. The van der Waals surface area contributed by atoms with Crippen molar-refractivity contribution >= 4 is 5.91 Å². The highest BCUT2D eigenvalue weighted by Crippen LogP contribution is 2.47. The predicted octanol–water partition coefficient (Wildman–Crippen LogP) is 2.95. The van der Waals surface area contributed by atoms with Gasteiger partial charge >= 0.3 is 0 Å². The quantitative estimate of drug-likeness (QED) is 0.878. The number of carbonyl (C=O) groups excluding carboxylic acids is 1. The number of rotatable bonds is 5. The second-order valence-corrected chi connectivity index (χ2v) is 8.49. The van der Waals surface area contributed by atoms with Gasteiger partial charge in [0.05, 0.1) is 5.60 Å². The Morgan fingerprint density at radius 1 is 1.15 bits per heavy atom. The van der Waals surface area contributed by atoms with Gasteiger partial charge in [0.25, 0.3) is 5.91 Å². The van der Waals surface area contributed by atoms with Crippen molar-refractivity contribution < 1.29 is 9.90 Å². The number of likely N-dealkylation sites (tertiary alicyclic amines) is 1. The van der Waals surface area contributed by atoms with Gasteiger partial charge in [-0.2, -0.15) is 0 Å². The van der Waals surface area contributed by atoms with Gasteiger partial charge in [-0.15, -0.1) is 0 Å². The monoisotopic (exact) mass is 359 g/mol. The SMILES string of the molecule is CCCN(C)CC1(O)CCC2(CCN(C(=O)c3ccncc3)CC2)CC1. The van der Waals surface area contributed by atoms with Gasteiger partial charge in [-0.05, 0) is 76.1 Å². The first-order chi connectivity index (χ1) is 12.5. The minimum absolute atomic E-state index is 0.121. The number of piperidine rings is 1. The second-order valence-electron chi connectivity index (χ2n) is 8.49. The fourth-order valence-corrected chi connectivity index (χ4v) is 4.73. The molecule has 2 aliphatic rings. The lowest BCUT2D eigenvalue weighted by atomic mass is 9.64. The highest BCUT2D eigenvalue weighted by atomic mass is 16.3. The first-order valence-electron chi connectivity index (χ1n) is 10.1. The molecule has 1 spiro atoms. The Bertz CT molecular complexity index is 587. The van der Waals surface area contributed by atoms with E-state index in [4.69, 9.17) is 0 Å². The third kappa shape index (κ3) is 4.44. The van der Waals surface area contributed by atoms with Crippen molar-refractivity contribution in [1.82, 2.24) is 14.8 Å². The second kappa shape index (κ2) is 8.05. The number of pyridine rings is 1. The summed E-state index contributed by atoms with van der Waals surface area (Å²) < 4.78 is 0. The largest absolute Gasteiger partial charge is 0.389 e. The Morgan fingerprint density at radius 2 is 1.77 bits per heavy atom. The zero-order chi connectivity index (χ0) is 18.6. The standard InChI is InChI=1S/C21H33N3O2/c1-3-14-23(2)17-21(26)8-6-20(7-9-21)10-15-24(16-11-20)19(25)18-4-12-22-13-5-18/h4-5,12-13,26H,3,6-11,14-17H2,1-2H3. The number of aliphatic hydroxyl groups is 1. The fraction of sp³-hybridized carbons (Fsp3) is 0.714. The molecule has 2 heterocycles. The molecule has 0 atom stereocenters. The van der Waals surface area contributed by atoms with Crippen LogP contribution in [0, 0.1) is 5.41 Å². The first kappa shape index (κ1) is 19.3. The van der Waals surface area contributed by atoms with E-state index in [1.165, 1.54) is 0 Å². The molecule has 1 aromatic heterocycles. The number of likely N-dealkylation sites (N-methyl/N-ethyl adjacent to an activating group) is 1. The smallest absolute Gasteiger partial charge is 0.253 e. The average Bonchev–Trinajstić information content (AvgIpc) is 2.66. The van der Waals surface area contributed by atoms with Crippen molar-refractivity contribution in [2.24, 2.45) is 5.41 Å². The van der Waals surface area contributed by atoms with E-state index in [9.17, 15) is 9.90 Å². The molecular weight excluding hydrogens is 326 g/mol. The van der Waals surface area contributed by atoms with Crippen molar-refractivity contribution in [1.29, 1.82) is 0 Å². The molecule has 1 aliphatic heterocycles. The topological polar surface area (TPSA) is 56.7 Å². The summed E-state index contributed by atoms with van der Waals surface area (Å²) in [5, 5.41) is 11.0. The molecule has 0 radical (unpaired) electrons. The van der Waals surface area contributed by atoms with E-state index in [-0.39, 0.29) is 5.91 Å². The summed E-state index contributed by atoms with van der Waals surface area (Å²) in [6, 6.07) is 3.58. The van der Waals surface area contributed by atoms with Crippen molar-refractivity contribution in [2.75, 3.05) is 33.2 Å². The summed E-state index contributed by atoms with van der Waals surface area (Å²) >= 11 is 0. The predicted molar refractivity (Wildman–Crippen MR) is 103 cm³/mol. The molecular formula is C21H33N3O2. The molecule has 2 fully saturated rings. The van der Waals surface area contributed by atoms with Gasteiger partial charge < -0.3 is 14.9 Å². The number of amides is 1. The Kier molecular flexibility index (Phi) is 5.98. The molecule has 144 valence electrons. The Morgan fingerprint density at radius 3 is 2.35 bits per heavy atom. The Balaban J connectivity index is 1.51. The van der Waals surface area contributed by atoms with E-state index < -0.39 is 5.60 Å². The number of aromatic nitrogens is 1. The van der Waals surface area contributed by atoms with E-state index in [0.717, 1.165) is 76.7 Å². The minimum Gasteiger partial charge on any atom is -0.389 e. The number of hydrogen-bond acceptors (Lipinski definition) is 4. The zero-order valence-corrected chi connectivity index (χ0v) is 16.3. The van der Waals surface area contributed by atoms with E-state index in [1.54, 1.807) is 24.5 Å². The summed E-state index contributed by atoms with van der Waals surface area (Å²) in [5.41, 5.74) is 0.525. The van der Waals surface area contributed by atoms with Crippen LogP contribution in [0.1, 0.15) is 62.2 Å². The van der Waals surface area contributed by atoms with Crippen LogP contribution in [0.3, 0.4) is 0 Å². The third-order valence-corrected chi connectivity index (χ3v) is 6.45. The summed E-state index contributed by atoms with van der Waals surface area (Å²) in [6.07, 6.45) is 10.5. The molecule has 0 unspecified atom stereocenters. The van der Waals surface area contributed by atoms with Crippen LogP contribution in [0.4, 0.5) is 0 Å². The third-order valence-electron chi connectivity index (χ3n) is 6.45. The highest BCUT2D eigenvalue weighted by Gasteiger charge is 2.44. The van der Waals surface area contributed by atoms with Crippen LogP contribution in [-0.2, 0) is 0 Å². The molecule has 5 heteroatoms. The molecule has 1 saturated carbocycles. The molecule has 1 aromatic rings. The molecule has 5 nitrogen and oxygen atoms in total. The molecule has 0 bridgehead atoms. The van der Waals surface area contributed by atoms with Crippen LogP contribution in [0.15, 0.2) is 24.5 Å². The molecule has 1 aliphatic carbocycles. The first-order valence-corrected chi connectivity index (χ1v) is 10.1. The lowest BCUT2D eigenvalue weighted by molar-refractivity contribution is -0.0643. The van der Waals surface area contributed by atoms with Crippen molar-refractivity contribution in [2.45, 2.75) is 57.5 Å². The van der Waals surface area contributed by atoms with Crippen molar-refractivity contribution in [3.8, 4) is 0 Å². The molecule has 3 rings (SSSR count). The molecule has 1 saturated heterocycles. The van der Waals surface area contributed by atoms with Crippen LogP contribution < -0.4 is 0 Å². The maximum Gasteiger partial charge on any atom is 0.253 e. The van der Waals surface area contributed by atoms with Gasteiger partial charge in [0.2, 0.25) is 0 Å². The fourth-order valence-electron chi connectivity index (χ4n) is 4.73. The Labute approximate surface area is 157 Å². The van der Waals surface area contributed by atoms with Crippen molar-refractivity contribution in [3.63, 3.8) is 0 Å². The molecule has 1 amide bonds. The van der Waals surface area contributed by atoms with Crippen LogP contribution >= 0.6 is 0 Å². The van der Waals surface area contributed by atoms with Crippen LogP contribution in [0.2, 0.25) is 0 Å². The summed E-state index contributed by atoms with van der Waals surface area (Å²) in [4.78, 5) is 20.8. The van der Waals surface area contributed by atoms with E-state index in [1.807, 2.05) is 4.90 Å². The van der Waals surface area contributed by atoms with Crippen LogP contribution in [0.25, 0.3) is 0 Å². The van der Waals surface area contributed by atoms with Gasteiger partial charge in [0.1, 0.15) is 0 Å². The normalized spacial score (nSPS) is 21.9. The summed E-state index contributed by atoms with van der Waals surface area (Å²) in [5.74, 6) is 0.121. The van der Waals surface area contributed by atoms with Gasteiger partial charge in [0, 0.05) is 37.6 Å². The number of hydrogen-bond donors (Lipinski definition) is 1. The summed E-state index contributed by atoms with van der Waals surface area (Å²) in [6.45, 7) is 5.66. The van der Waals surface area contributed by atoms with E-state index in [0.29, 0.717) is 5.41 Å². The molecule has 1 N–H and O–H groups in total. The highest BCUT2D eigenvalue weighted by molar-refractivity contribution is 5.94. The molecule has 26 heavy (non-hydrogen) atoms. The van der Waals surface area contributed by atoms with Crippen LogP contribution in [0.5, 0.6) is 0 Å². The summed E-state index contributed by atoms with van der Waals surface area (Å²) in [7, 11) is 2.11. The average molecular weight is 360 g/mol. The zero-order valence-electron chi connectivity index (χ0n) is 16.3. The molecule has 0 aromatic carbocycles. The van der Waals surface area contributed by atoms with Gasteiger partial charge in [-0.1, -0.05) is 6.92 Å². The van der Waals surface area contributed by atoms with E-state index in [2.05, 4.69) is 23.9 Å². The maximum absolute atomic E-state index is 12.6. The van der Waals surface area contributed by atoms with Gasteiger partial charge in [-0.3, -0.25) is 9.78 Å². The van der Waals surface area contributed by atoms with Gasteiger partial charge in [0.15, 0.2) is 0 Å². The maximum atomic E-state index is 12.6. The van der Waals surface area contributed by atoms with Crippen LogP contribution in [-0.4, -0.2) is 64.6 Å². The Hall–Kier alpha value is -1.46. The minimum atomic E-state index is -0.529. The lowest BCUT2D eigenvalue weighted by Gasteiger charge is -2.49. The van der Waals surface area contributed by atoms with E-state index >= 15 is 0 Å². The number of carbonyl (C=O) groups is 1.